The number of β-lactam (4-membered cyclic amide) rings is 1. The van der Waals surface area contributed by atoms with Gasteiger partial charge in [-0.1, -0.05) is 119 Å². The number of amides is 3. The number of aliphatic carboxylic acids is 1. The molecule has 0 radical (unpaired) electrons. The molecule has 6 rings (SSSR count). The molecule has 4 aromatic rings. The van der Waals surface area contributed by atoms with Gasteiger partial charge in [0.15, 0.2) is 10.8 Å². The van der Waals surface area contributed by atoms with Crippen molar-refractivity contribution in [3.8, 4) is 0 Å². The van der Waals surface area contributed by atoms with E-state index in [0.717, 1.165) is 11.3 Å². The molecule has 3 N–H and O–H groups in total. The SMILES string of the molecule is CC1=C(C(=O)O)N2C(=O)[C@@H](NC(=O)/C(=N/OC(c3ccccc3)(c3ccccc3)c3ccccc3)c3nc(NC(=O)OC(C)(C)C)sc3Cl)[C@H]2SC1. The number of carbonyl (C=O) groups is 4. The van der Waals surface area contributed by atoms with E-state index in [2.05, 4.69) is 20.8 Å². The van der Waals surface area contributed by atoms with E-state index < -0.39 is 46.5 Å². The van der Waals surface area contributed by atoms with E-state index in [1.54, 1.807) is 27.7 Å². The molecule has 12 nitrogen and oxygen atoms in total. The van der Waals surface area contributed by atoms with E-state index in [9.17, 15) is 24.3 Å². The lowest BCUT2D eigenvalue weighted by atomic mass is 9.80. The highest BCUT2D eigenvalue weighted by Crippen LogP contribution is 2.42. The predicted molar refractivity (Wildman–Crippen MR) is 199 cm³/mol. The zero-order valence-corrected chi connectivity index (χ0v) is 30.8. The number of carbonyl (C=O) groups excluding carboxylic acids is 3. The minimum Gasteiger partial charge on any atom is -0.477 e. The number of carboxylic acid groups (broad SMARTS) is 1. The lowest BCUT2D eigenvalue weighted by Gasteiger charge is -2.49. The van der Waals surface area contributed by atoms with Crippen molar-refractivity contribution in [3.05, 3.63) is 129 Å². The van der Waals surface area contributed by atoms with Crippen LogP contribution in [-0.4, -0.2) is 67.3 Å². The number of benzene rings is 3. The highest BCUT2D eigenvalue weighted by atomic mass is 35.5. The number of rotatable bonds is 10. The lowest BCUT2D eigenvalue weighted by molar-refractivity contribution is -0.150. The lowest BCUT2D eigenvalue weighted by Crippen LogP contribution is -2.71. The maximum absolute atomic E-state index is 14.3. The van der Waals surface area contributed by atoms with Gasteiger partial charge in [0.1, 0.15) is 32.7 Å². The first-order valence-electron chi connectivity index (χ1n) is 16.1. The van der Waals surface area contributed by atoms with Crippen molar-refractivity contribution in [3.63, 3.8) is 0 Å². The summed E-state index contributed by atoms with van der Waals surface area (Å²) in [5.74, 6) is -2.32. The number of thiazole rings is 1. The van der Waals surface area contributed by atoms with Gasteiger partial charge in [0.25, 0.3) is 11.8 Å². The van der Waals surface area contributed by atoms with Crippen molar-refractivity contribution in [1.29, 1.82) is 0 Å². The van der Waals surface area contributed by atoms with Crippen molar-refractivity contribution < 1.29 is 33.9 Å². The van der Waals surface area contributed by atoms with E-state index in [4.69, 9.17) is 21.2 Å². The molecule has 0 aliphatic carbocycles. The summed E-state index contributed by atoms with van der Waals surface area (Å²) in [7, 11) is 0. The van der Waals surface area contributed by atoms with Crippen LogP contribution in [0.15, 0.2) is 107 Å². The maximum atomic E-state index is 14.3. The Bertz CT molecular complexity index is 1970. The average molecular weight is 760 g/mol. The van der Waals surface area contributed by atoms with Crippen molar-refractivity contribution in [2.24, 2.45) is 5.16 Å². The second kappa shape index (κ2) is 14.8. The molecular weight excluding hydrogens is 726 g/mol. The van der Waals surface area contributed by atoms with Crippen LogP contribution in [0.5, 0.6) is 0 Å². The van der Waals surface area contributed by atoms with Crippen LogP contribution in [0.2, 0.25) is 4.34 Å². The fourth-order valence-electron chi connectivity index (χ4n) is 5.86. The number of nitrogens with zero attached hydrogens (tertiary/aromatic N) is 3. The zero-order chi connectivity index (χ0) is 37.2. The molecule has 3 aromatic carbocycles. The molecule has 2 aliphatic heterocycles. The molecule has 0 spiro atoms. The molecule has 268 valence electrons. The van der Waals surface area contributed by atoms with Crippen LogP contribution in [0.1, 0.15) is 50.1 Å². The Labute approximate surface area is 312 Å². The van der Waals surface area contributed by atoms with Gasteiger partial charge in [-0.05, 0) is 33.3 Å². The van der Waals surface area contributed by atoms with Gasteiger partial charge in [-0.15, -0.1) is 11.8 Å². The Balaban J connectivity index is 1.44. The van der Waals surface area contributed by atoms with E-state index in [1.807, 2.05) is 91.0 Å². The van der Waals surface area contributed by atoms with Crippen molar-refractivity contribution in [2.75, 3.05) is 11.1 Å². The first-order chi connectivity index (χ1) is 24.8. The number of hydrogen-bond acceptors (Lipinski definition) is 10. The highest BCUT2D eigenvalue weighted by molar-refractivity contribution is 8.00. The topological polar surface area (TPSA) is 160 Å². The molecule has 0 saturated carbocycles. The zero-order valence-electron chi connectivity index (χ0n) is 28.5. The fourth-order valence-corrected chi connectivity index (χ4v) is 8.18. The van der Waals surface area contributed by atoms with Crippen molar-refractivity contribution in [1.82, 2.24) is 15.2 Å². The molecule has 3 amide bonds. The first kappa shape index (κ1) is 36.6. The van der Waals surface area contributed by atoms with E-state index in [0.29, 0.717) is 28.0 Å². The molecule has 0 bridgehead atoms. The second-order valence-electron chi connectivity index (χ2n) is 12.9. The average Bonchev–Trinajstić information content (AvgIpc) is 3.47. The number of fused-ring (bicyclic) bond motifs is 1. The smallest absolute Gasteiger partial charge is 0.413 e. The first-order valence-corrected chi connectivity index (χ1v) is 18.3. The van der Waals surface area contributed by atoms with Gasteiger partial charge in [0, 0.05) is 22.4 Å². The molecular formula is C37H34ClN5O7S2. The van der Waals surface area contributed by atoms with Crippen LogP contribution in [-0.2, 0) is 29.6 Å². The van der Waals surface area contributed by atoms with Gasteiger partial charge >= 0.3 is 12.1 Å². The Kier molecular flexibility index (Phi) is 10.4. The van der Waals surface area contributed by atoms with Gasteiger partial charge in [0.2, 0.25) is 5.60 Å². The summed E-state index contributed by atoms with van der Waals surface area (Å²) >= 11 is 8.89. The van der Waals surface area contributed by atoms with Crippen LogP contribution >= 0.6 is 34.7 Å². The quantitative estimate of drug-likeness (QED) is 0.0700. The minimum atomic E-state index is -1.39. The summed E-state index contributed by atoms with van der Waals surface area (Å²) in [6.07, 6.45) is -0.785. The maximum Gasteiger partial charge on any atom is 0.413 e. The van der Waals surface area contributed by atoms with E-state index in [1.165, 1.54) is 16.7 Å². The molecule has 52 heavy (non-hydrogen) atoms. The largest absolute Gasteiger partial charge is 0.477 e. The Morgan fingerprint density at radius 2 is 1.48 bits per heavy atom. The van der Waals surface area contributed by atoms with Gasteiger partial charge in [-0.3, -0.25) is 19.8 Å². The second-order valence-corrected chi connectivity index (χ2v) is 15.6. The Morgan fingerprint density at radius 1 is 0.942 bits per heavy atom. The molecule has 1 fully saturated rings. The Hall–Kier alpha value is -5.18. The summed E-state index contributed by atoms with van der Waals surface area (Å²) in [6.45, 7) is 6.78. The molecule has 2 aliphatic rings. The number of oxime groups is 1. The molecule has 0 unspecified atom stereocenters. The molecule has 1 aromatic heterocycles. The number of ether oxygens (including phenoxy) is 1. The number of anilines is 1. The summed E-state index contributed by atoms with van der Waals surface area (Å²) in [5.41, 5.74) is -0.174. The van der Waals surface area contributed by atoms with Crippen LogP contribution in [0.25, 0.3) is 0 Å². The Morgan fingerprint density at radius 3 is 1.98 bits per heavy atom. The monoisotopic (exact) mass is 759 g/mol. The summed E-state index contributed by atoms with van der Waals surface area (Å²) < 4.78 is 5.35. The summed E-state index contributed by atoms with van der Waals surface area (Å²) in [5, 5.41) is 18.9. The minimum absolute atomic E-state index is 0.00591. The molecule has 3 heterocycles. The number of nitrogens with one attached hydrogen (secondary N) is 2. The summed E-state index contributed by atoms with van der Waals surface area (Å²) in [6, 6.07) is 27.0. The number of aromatic nitrogens is 1. The molecule has 2 atom stereocenters. The fraction of sp³-hybridized carbons (Fsp3) is 0.243. The van der Waals surface area contributed by atoms with Crippen molar-refractivity contribution in [2.45, 2.75) is 50.3 Å². The van der Waals surface area contributed by atoms with E-state index in [-0.39, 0.29) is 26.6 Å². The summed E-state index contributed by atoms with van der Waals surface area (Å²) in [4.78, 5) is 64.5. The van der Waals surface area contributed by atoms with Gasteiger partial charge in [-0.2, -0.15) is 0 Å². The highest BCUT2D eigenvalue weighted by Gasteiger charge is 2.54. The normalized spacial score (nSPS) is 17.5. The standard InChI is InChI=1S/C37H34ClN5O7S2/c1-21-20-51-32-27(31(45)43(32)28(21)33(46)47)39-30(44)26(25-29(38)52-34(40-25)41-35(48)49-36(2,3)4)42-50-37(22-14-8-5-9-15-22,23-16-10-6-11-17-23)24-18-12-7-13-19-24/h5-19,27,32H,20H2,1-4H3,(H,39,44)(H,46,47)(H,40,41,48)/b42-26+/t27-,32-/m1/s1. The van der Waals surface area contributed by atoms with Crippen LogP contribution in [0, 0.1) is 0 Å². The van der Waals surface area contributed by atoms with Gasteiger partial charge in [-0.25, -0.2) is 14.6 Å². The van der Waals surface area contributed by atoms with Crippen LogP contribution in [0.3, 0.4) is 0 Å². The van der Waals surface area contributed by atoms with Gasteiger partial charge < -0.3 is 20.0 Å². The third-order valence-corrected chi connectivity index (χ3v) is 10.7. The van der Waals surface area contributed by atoms with Crippen LogP contribution in [0.4, 0.5) is 9.93 Å². The van der Waals surface area contributed by atoms with Crippen LogP contribution < -0.4 is 10.6 Å². The number of thioether (sulfide) groups is 1. The predicted octanol–water partition coefficient (Wildman–Crippen LogP) is 6.61. The molecule has 15 heteroatoms. The third kappa shape index (κ3) is 7.27. The third-order valence-electron chi connectivity index (χ3n) is 8.10. The number of carboxylic acids is 1. The van der Waals surface area contributed by atoms with Gasteiger partial charge in [0.05, 0.1) is 0 Å². The number of hydrogen-bond donors (Lipinski definition) is 3. The molecule has 1 saturated heterocycles. The number of halogens is 1. The van der Waals surface area contributed by atoms with Crippen molar-refractivity contribution >= 4 is 69.4 Å². The van der Waals surface area contributed by atoms with E-state index >= 15 is 0 Å².